The molecule has 0 aliphatic carbocycles. The van der Waals surface area contributed by atoms with Crippen LogP contribution in [0.25, 0.3) is 0 Å². The highest BCUT2D eigenvalue weighted by Gasteiger charge is 2.18. The first-order valence-corrected chi connectivity index (χ1v) is 11.5. The van der Waals surface area contributed by atoms with Gasteiger partial charge < -0.3 is 14.7 Å². The Balaban J connectivity index is 1.42. The number of ketones is 1. The van der Waals surface area contributed by atoms with Crippen molar-refractivity contribution in [3.8, 4) is 11.5 Å². The Hall–Kier alpha value is -2.08. The number of carbonyl (C=O) groups excluding carboxylic acids is 1. The van der Waals surface area contributed by atoms with Gasteiger partial charge in [-0.1, -0.05) is 37.1 Å². The molecule has 0 spiro atoms. The molecule has 6 heteroatoms. The Morgan fingerprint density at radius 2 is 1.74 bits per heavy atom. The number of halogens is 1. The second-order valence-electron chi connectivity index (χ2n) is 8.19. The van der Waals surface area contributed by atoms with Crippen LogP contribution in [0, 0.1) is 0 Å². The van der Waals surface area contributed by atoms with Crippen molar-refractivity contribution in [2.45, 2.75) is 39.7 Å². The van der Waals surface area contributed by atoms with E-state index in [0.29, 0.717) is 24.3 Å². The molecule has 0 radical (unpaired) electrons. The predicted octanol–water partition coefficient (Wildman–Crippen LogP) is 4.79. The molecular weight excluding hydrogens is 412 g/mol. The molecule has 1 heterocycles. The first-order chi connectivity index (χ1) is 15.0. The van der Waals surface area contributed by atoms with Gasteiger partial charge in [0.2, 0.25) is 0 Å². The summed E-state index contributed by atoms with van der Waals surface area (Å²) in [4.78, 5) is 16.6. The summed E-state index contributed by atoms with van der Waals surface area (Å²) >= 11 is 5.97. The molecule has 1 fully saturated rings. The van der Waals surface area contributed by atoms with Gasteiger partial charge in [0.05, 0.1) is 12.2 Å². The number of aromatic hydroxyl groups is 1. The topological polar surface area (TPSA) is 53.0 Å². The Morgan fingerprint density at radius 1 is 1.06 bits per heavy atom. The molecule has 3 rings (SSSR count). The summed E-state index contributed by atoms with van der Waals surface area (Å²) < 4.78 is 5.99. The highest BCUT2D eigenvalue weighted by Crippen LogP contribution is 2.33. The van der Waals surface area contributed by atoms with Crippen molar-refractivity contribution in [2.75, 3.05) is 39.3 Å². The first kappa shape index (κ1) is 23.6. The number of rotatable bonds is 10. The number of benzene rings is 2. The number of hydrogen-bond acceptors (Lipinski definition) is 5. The third-order valence-corrected chi connectivity index (χ3v) is 6.03. The minimum atomic E-state index is -0.128. The molecule has 0 bridgehead atoms. The van der Waals surface area contributed by atoms with E-state index in [-0.39, 0.29) is 11.5 Å². The van der Waals surface area contributed by atoms with Gasteiger partial charge in [0, 0.05) is 49.9 Å². The van der Waals surface area contributed by atoms with Crippen molar-refractivity contribution < 1.29 is 14.6 Å². The maximum Gasteiger partial charge on any atom is 0.163 e. The number of phenolic OH excluding ortho intramolecular Hbond substituents is 1. The van der Waals surface area contributed by atoms with Gasteiger partial charge in [-0.3, -0.25) is 9.69 Å². The summed E-state index contributed by atoms with van der Waals surface area (Å²) in [5.41, 5.74) is 2.41. The fourth-order valence-electron chi connectivity index (χ4n) is 4.02. The maximum atomic E-state index is 11.7. The summed E-state index contributed by atoms with van der Waals surface area (Å²) in [6.07, 6.45) is 2.50. The monoisotopic (exact) mass is 444 g/mol. The molecule has 1 N–H and O–H groups in total. The van der Waals surface area contributed by atoms with E-state index in [0.717, 1.165) is 62.7 Å². The average molecular weight is 445 g/mol. The molecule has 168 valence electrons. The van der Waals surface area contributed by atoms with Gasteiger partial charge in [-0.2, -0.15) is 0 Å². The summed E-state index contributed by atoms with van der Waals surface area (Å²) in [6, 6.07) is 11.6. The van der Waals surface area contributed by atoms with Crippen molar-refractivity contribution in [1.82, 2.24) is 9.80 Å². The number of carbonyl (C=O) groups is 1. The van der Waals surface area contributed by atoms with Gasteiger partial charge in [-0.25, -0.2) is 0 Å². The third kappa shape index (κ3) is 6.70. The van der Waals surface area contributed by atoms with E-state index in [9.17, 15) is 9.90 Å². The number of hydrogen-bond donors (Lipinski definition) is 1. The van der Waals surface area contributed by atoms with Crippen LogP contribution in [0.1, 0.15) is 48.2 Å². The second-order valence-corrected chi connectivity index (χ2v) is 8.63. The summed E-state index contributed by atoms with van der Waals surface area (Å²) in [5.74, 6) is 0.636. The highest BCUT2D eigenvalue weighted by molar-refractivity contribution is 6.30. The molecule has 31 heavy (non-hydrogen) atoms. The van der Waals surface area contributed by atoms with Gasteiger partial charge in [0.25, 0.3) is 0 Å². The van der Waals surface area contributed by atoms with E-state index in [1.54, 1.807) is 6.07 Å². The molecule has 0 atom stereocenters. The molecular formula is C25H33ClN2O3. The van der Waals surface area contributed by atoms with Crippen molar-refractivity contribution in [1.29, 1.82) is 0 Å². The first-order valence-electron chi connectivity index (χ1n) is 11.2. The van der Waals surface area contributed by atoms with Crippen LogP contribution >= 0.6 is 11.6 Å². The van der Waals surface area contributed by atoms with E-state index in [1.165, 1.54) is 12.5 Å². The van der Waals surface area contributed by atoms with Gasteiger partial charge in [-0.15, -0.1) is 0 Å². The largest absolute Gasteiger partial charge is 0.507 e. The highest BCUT2D eigenvalue weighted by atomic mass is 35.5. The van der Waals surface area contributed by atoms with Crippen LogP contribution < -0.4 is 4.74 Å². The van der Waals surface area contributed by atoms with E-state index < -0.39 is 0 Å². The normalized spacial score (nSPS) is 15.2. The van der Waals surface area contributed by atoms with E-state index in [2.05, 4.69) is 28.9 Å². The molecule has 0 unspecified atom stereocenters. The quantitative estimate of drug-likeness (QED) is 0.422. The van der Waals surface area contributed by atoms with Gasteiger partial charge in [-0.05, 0) is 49.6 Å². The SMILES string of the molecule is CCCc1c(OCCCN2CCN(Cc3ccc(Cl)cc3)CC2)ccc(C(C)=O)c1O. The fraction of sp³-hybridized carbons (Fsp3) is 0.480. The Bertz CT molecular complexity index is 862. The number of phenols is 1. The second kappa shape index (κ2) is 11.5. The van der Waals surface area contributed by atoms with E-state index in [1.807, 2.05) is 18.2 Å². The molecule has 1 aliphatic heterocycles. The number of Topliss-reactive ketones (excluding diaryl/α,β-unsaturated/α-hetero) is 1. The van der Waals surface area contributed by atoms with E-state index >= 15 is 0 Å². The molecule has 1 aliphatic rings. The van der Waals surface area contributed by atoms with Crippen LogP contribution in [0.2, 0.25) is 5.02 Å². The summed E-state index contributed by atoms with van der Waals surface area (Å²) in [6.45, 7) is 10.3. The minimum absolute atomic E-state index is 0.0728. The van der Waals surface area contributed by atoms with E-state index in [4.69, 9.17) is 16.3 Å². The zero-order valence-corrected chi connectivity index (χ0v) is 19.3. The van der Waals surface area contributed by atoms with Crippen molar-refractivity contribution in [3.05, 3.63) is 58.1 Å². The Morgan fingerprint density at radius 3 is 2.39 bits per heavy atom. The number of nitrogens with zero attached hydrogens (tertiary/aromatic N) is 2. The predicted molar refractivity (Wildman–Crippen MR) is 125 cm³/mol. The van der Waals surface area contributed by atoms with Crippen molar-refractivity contribution in [3.63, 3.8) is 0 Å². The van der Waals surface area contributed by atoms with Crippen molar-refractivity contribution >= 4 is 17.4 Å². The zero-order valence-electron chi connectivity index (χ0n) is 18.6. The lowest BCUT2D eigenvalue weighted by atomic mass is 10.0. The Kier molecular flexibility index (Phi) is 8.76. The van der Waals surface area contributed by atoms with Crippen LogP contribution in [0.5, 0.6) is 11.5 Å². The lowest BCUT2D eigenvalue weighted by Gasteiger charge is -2.34. The molecule has 0 aromatic heterocycles. The van der Waals surface area contributed by atoms with Gasteiger partial charge in [0.1, 0.15) is 11.5 Å². The lowest BCUT2D eigenvalue weighted by Crippen LogP contribution is -2.46. The molecule has 2 aromatic rings. The zero-order chi connectivity index (χ0) is 22.2. The fourth-order valence-corrected chi connectivity index (χ4v) is 4.14. The molecule has 1 saturated heterocycles. The van der Waals surface area contributed by atoms with Crippen LogP contribution in [0.3, 0.4) is 0 Å². The average Bonchev–Trinajstić information content (AvgIpc) is 2.76. The van der Waals surface area contributed by atoms with Crippen LogP contribution in [0.4, 0.5) is 0 Å². The van der Waals surface area contributed by atoms with Gasteiger partial charge in [0.15, 0.2) is 5.78 Å². The molecule has 5 nitrogen and oxygen atoms in total. The number of ether oxygens (including phenoxy) is 1. The summed E-state index contributed by atoms with van der Waals surface area (Å²) in [7, 11) is 0. The van der Waals surface area contributed by atoms with Crippen LogP contribution in [-0.4, -0.2) is 60.0 Å². The van der Waals surface area contributed by atoms with Crippen LogP contribution in [0.15, 0.2) is 36.4 Å². The summed E-state index contributed by atoms with van der Waals surface area (Å²) in [5, 5.41) is 11.2. The van der Waals surface area contributed by atoms with Gasteiger partial charge >= 0.3 is 0 Å². The lowest BCUT2D eigenvalue weighted by molar-refractivity contribution is 0.101. The Labute approximate surface area is 190 Å². The minimum Gasteiger partial charge on any atom is -0.507 e. The maximum absolute atomic E-state index is 11.7. The molecule has 2 aromatic carbocycles. The standard InChI is InChI=1S/C25H33ClN2O3/c1-3-5-23-24(11-10-22(19(2)29)25(23)30)31-17-4-12-27-13-15-28(16-14-27)18-20-6-8-21(26)9-7-20/h6-11,30H,3-5,12-18H2,1-2H3. The number of piperazine rings is 1. The molecule has 0 saturated carbocycles. The molecule has 0 amide bonds. The van der Waals surface area contributed by atoms with Crippen molar-refractivity contribution in [2.24, 2.45) is 0 Å². The van der Waals surface area contributed by atoms with Crippen LogP contribution in [-0.2, 0) is 13.0 Å². The smallest absolute Gasteiger partial charge is 0.163 e. The third-order valence-electron chi connectivity index (χ3n) is 5.78.